The Labute approximate surface area is 117 Å². The Kier molecular flexibility index (Phi) is 5.23. The summed E-state index contributed by atoms with van der Waals surface area (Å²) in [4.78, 5) is 2.61. The lowest BCUT2D eigenvalue weighted by atomic mass is 9.78. The molecule has 0 amide bonds. The zero-order valence-electron chi connectivity index (χ0n) is 12.7. The fraction of sp³-hybridized carbons (Fsp3) is 1.00. The smallest absolute Gasteiger partial charge is 0.0674 e. The van der Waals surface area contributed by atoms with E-state index in [9.17, 15) is 5.11 Å². The van der Waals surface area contributed by atoms with Crippen LogP contribution in [0.1, 0.15) is 46.5 Å². The summed E-state index contributed by atoms with van der Waals surface area (Å²) < 4.78 is 5.73. The van der Waals surface area contributed by atoms with Crippen LogP contribution in [0.25, 0.3) is 0 Å². The first-order valence-corrected chi connectivity index (χ1v) is 7.83. The van der Waals surface area contributed by atoms with Gasteiger partial charge in [-0.15, -0.1) is 0 Å². The number of likely N-dealkylation sites (N-methyl/N-ethyl adjacent to an activating group) is 1. The number of nitrogens with zero attached hydrogens (tertiary/aromatic N) is 1. The van der Waals surface area contributed by atoms with Gasteiger partial charge in [-0.25, -0.2) is 0 Å². The number of nitrogens with one attached hydrogen (secondary N) is 1. The molecule has 1 aliphatic heterocycles. The largest absolute Gasteiger partial charge is 0.394 e. The van der Waals surface area contributed by atoms with Gasteiger partial charge in [0.1, 0.15) is 0 Å². The minimum Gasteiger partial charge on any atom is -0.394 e. The summed E-state index contributed by atoms with van der Waals surface area (Å²) >= 11 is 0. The molecular weight excluding hydrogens is 240 g/mol. The lowest BCUT2D eigenvalue weighted by Crippen LogP contribution is -2.59. The monoisotopic (exact) mass is 270 g/mol. The maximum atomic E-state index is 9.80. The molecule has 2 fully saturated rings. The summed E-state index contributed by atoms with van der Waals surface area (Å²) in [6.45, 7) is 9.60. The Balaban J connectivity index is 2.03. The highest BCUT2D eigenvalue weighted by Crippen LogP contribution is 2.33. The van der Waals surface area contributed by atoms with Crippen LogP contribution < -0.4 is 5.32 Å². The molecule has 0 bridgehead atoms. The SMILES string of the molecule is CCNC1(CO)CCCC(N2CC(C)OCC2C)C1. The highest BCUT2D eigenvalue weighted by molar-refractivity contribution is 4.97. The summed E-state index contributed by atoms with van der Waals surface area (Å²) in [7, 11) is 0. The maximum Gasteiger partial charge on any atom is 0.0674 e. The quantitative estimate of drug-likeness (QED) is 0.810. The standard InChI is InChI=1S/C15H30N2O2/c1-4-16-15(11-18)7-5-6-14(8-15)17-9-13(3)19-10-12(17)2/h12-14,16,18H,4-11H2,1-3H3. The summed E-state index contributed by atoms with van der Waals surface area (Å²) in [5.41, 5.74) is -0.0566. The van der Waals surface area contributed by atoms with E-state index in [0.29, 0.717) is 18.2 Å². The van der Waals surface area contributed by atoms with Crippen LogP contribution in [0.15, 0.2) is 0 Å². The summed E-state index contributed by atoms with van der Waals surface area (Å²) in [6, 6.07) is 1.08. The van der Waals surface area contributed by atoms with Crippen molar-refractivity contribution in [3.63, 3.8) is 0 Å². The van der Waals surface area contributed by atoms with E-state index in [1.165, 1.54) is 12.8 Å². The van der Waals surface area contributed by atoms with Crippen molar-refractivity contribution in [3.8, 4) is 0 Å². The molecule has 4 heteroatoms. The van der Waals surface area contributed by atoms with Crippen molar-refractivity contribution in [1.82, 2.24) is 10.2 Å². The zero-order chi connectivity index (χ0) is 13.9. The molecule has 0 aromatic carbocycles. The maximum absolute atomic E-state index is 9.80. The molecule has 4 unspecified atom stereocenters. The van der Waals surface area contributed by atoms with E-state index in [1.54, 1.807) is 0 Å². The number of hydrogen-bond acceptors (Lipinski definition) is 4. The molecule has 1 saturated carbocycles. The van der Waals surface area contributed by atoms with E-state index in [1.807, 2.05) is 0 Å². The predicted octanol–water partition coefficient (Wildman–Crippen LogP) is 1.38. The van der Waals surface area contributed by atoms with Crippen LogP contribution in [0.2, 0.25) is 0 Å². The zero-order valence-corrected chi connectivity index (χ0v) is 12.7. The average molecular weight is 270 g/mol. The summed E-state index contributed by atoms with van der Waals surface area (Å²) in [5.74, 6) is 0. The Morgan fingerprint density at radius 3 is 2.89 bits per heavy atom. The first-order valence-electron chi connectivity index (χ1n) is 7.83. The first kappa shape index (κ1) is 15.2. The van der Waals surface area contributed by atoms with Crippen molar-refractivity contribution < 1.29 is 9.84 Å². The van der Waals surface area contributed by atoms with Gasteiger partial charge in [0.15, 0.2) is 0 Å². The van der Waals surface area contributed by atoms with Gasteiger partial charge in [0.25, 0.3) is 0 Å². The van der Waals surface area contributed by atoms with E-state index in [0.717, 1.165) is 32.5 Å². The van der Waals surface area contributed by atoms with Gasteiger partial charge in [0.05, 0.1) is 19.3 Å². The Bertz CT molecular complexity index is 283. The molecule has 2 N–H and O–H groups in total. The highest BCUT2D eigenvalue weighted by Gasteiger charge is 2.39. The topological polar surface area (TPSA) is 44.7 Å². The Morgan fingerprint density at radius 2 is 2.21 bits per heavy atom. The lowest BCUT2D eigenvalue weighted by molar-refractivity contribution is -0.0791. The van der Waals surface area contributed by atoms with Crippen molar-refractivity contribution in [1.29, 1.82) is 0 Å². The van der Waals surface area contributed by atoms with Crippen LogP contribution in [0.4, 0.5) is 0 Å². The van der Waals surface area contributed by atoms with Gasteiger partial charge >= 0.3 is 0 Å². The molecule has 1 saturated heterocycles. The summed E-state index contributed by atoms with van der Waals surface area (Å²) in [6.07, 6.45) is 4.96. The second-order valence-corrected chi connectivity index (χ2v) is 6.41. The number of aliphatic hydroxyl groups excluding tert-OH is 1. The molecule has 0 radical (unpaired) electrons. The van der Waals surface area contributed by atoms with Crippen LogP contribution in [-0.4, -0.2) is 60.0 Å². The Hall–Kier alpha value is -0.160. The van der Waals surface area contributed by atoms with Crippen LogP contribution in [0, 0.1) is 0 Å². The van der Waals surface area contributed by atoms with Crippen LogP contribution in [0.5, 0.6) is 0 Å². The molecule has 4 atom stereocenters. The minimum atomic E-state index is -0.0566. The van der Waals surface area contributed by atoms with Gasteiger partial charge in [0, 0.05) is 24.2 Å². The molecule has 19 heavy (non-hydrogen) atoms. The van der Waals surface area contributed by atoms with Gasteiger partial charge in [-0.1, -0.05) is 6.92 Å². The van der Waals surface area contributed by atoms with Gasteiger partial charge in [-0.3, -0.25) is 4.90 Å². The number of aliphatic hydroxyl groups is 1. The molecule has 4 nitrogen and oxygen atoms in total. The van der Waals surface area contributed by atoms with Crippen molar-refractivity contribution >= 4 is 0 Å². The molecular formula is C15H30N2O2. The van der Waals surface area contributed by atoms with Gasteiger partial charge in [-0.05, 0) is 46.1 Å². The van der Waals surface area contributed by atoms with Crippen LogP contribution in [-0.2, 0) is 4.74 Å². The van der Waals surface area contributed by atoms with Crippen molar-refractivity contribution in [2.75, 3.05) is 26.3 Å². The van der Waals surface area contributed by atoms with E-state index in [2.05, 4.69) is 31.0 Å². The third-order valence-corrected chi connectivity index (χ3v) is 4.80. The van der Waals surface area contributed by atoms with Crippen LogP contribution >= 0.6 is 0 Å². The first-order chi connectivity index (χ1) is 9.10. The molecule has 112 valence electrons. The second-order valence-electron chi connectivity index (χ2n) is 6.41. The molecule has 1 aliphatic carbocycles. The minimum absolute atomic E-state index is 0.0566. The molecule has 2 aliphatic rings. The van der Waals surface area contributed by atoms with E-state index < -0.39 is 0 Å². The van der Waals surface area contributed by atoms with Crippen molar-refractivity contribution in [3.05, 3.63) is 0 Å². The molecule has 0 aromatic rings. The lowest BCUT2D eigenvalue weighted by Gasteiger charge is -2.48. The van der Waals surface area contributed by atoms with E-state index >= 15 is 0 Å². The normalized spacial score (nSPS) is 41.4. The third kappa shape index (κ3) is 3.48. The fourth-order valence-corrected chi connectivity index (χ4v) is 3.79. The number of ether oxygens (including phenoxy) is 1. The second kappa shape index (κ2) is 6.53. The average Bonchev–Trinajstić information content (AvgIpc) is 2.42. The molecule has 2 rings (SSSR count). The summed E-state index contributed by atoms with van der Waals surface area (Å²) in [5, 5.41) is 13.3. The molecule has 0 spiro atoms. The van der Waals surface area contributed by atoms with Gasteiger partial charge < -0.3 is 15.2 Å². The number of hydrogen-bond donors (Lipinski definition) is 2. The Morgan fingerprint density at radius 1 is 1.42 bits per heavy atom. The van der Waals surface area contributed by atoms with Crippen molar-refractivity contribution in [2.45, 2.75) is 70.2 Å². The fourth-order valence-electron chi connectivity index (χ4n) is 3.79. The number of rotatable bonds is 4. The number of morpholine rings is 1. The van der Waals surface area contributed by atoms with E-state index in [-0.39, 0.29) is 12.1 Å². The van der Waals surface area contributed by atoms with Gasteiger partial charge in [-0.2, -0.15) is 0 Å². The van der Waals surface area contributed by atoms with Gasteiger partial charge in [0.2, 0.25) is 0 Å². The highest BCUT2D eigenvalue weighted by atomic mass is 16.5. The predicted molar refractivity (Wildman–Crippen MR) is 77.3 cm³/mol. The third-order valence-electron chi connectivity index (χ3n) is 4.80. The molecule has 1 heterocycles. The van der Waals surface area contributed by atoms with Crippen LogP contribution in [0.3, 0.4) is 0 Å². The van der Waals surface area contributed by atoms with Crippen molar-refractivity contribution in [2.24, 2.45) is 0 Å². The van der Waals surface area contributed by atoms with E-state index in [4.69, 9.17) is 4.74 Å². The molecule has 0 aromatic heterocycles.